The molecule has 5 heteroatoms. The largest absolute Gasteiger partial charge is 0.395 e. The van der Waals surface area contributed by atoms with Crippen molar-refractivity contribution < 1.29 is 14.7 Å². The average Bonchev–Trinajstić information content (AvgIpc) is 2.22. The molecular weight excluding hydrogens is 184 g/mol. The quantitative estimate of drug-likeness (QED) is 0.326. The van der Waals surface area contributed by atoms with E-state index in [2.05, 4.69) is 5.32 Å². The second-order valence-electron chi connectivity index (χ2n) is 3.38. The molecule has 0 aromatic heterocycles. The fourth-order valence-electron chi connectivity index (χ4n) is 1.40. The molecule has 1 saturated heterocycles. The van der Waals surface area contributed by atoms with Gasteiger partial charge in [-0.15, -0.1) is 0 Å². The van der Waals surface area contributed by atoms with E-state index >= 15 is 0 Å². The van der Waals surface area contributed by atoms with Crippen molar-refractivity contribution in [1.29, 1.82) is 0 Å². The molecule has 0 radical (unpaired) electrons. The lowest BCUT2D eigenvalue weighted by Gasteiger charge is -2.33. The maximum absolute atomic E-state index is 11.1. The number of nitrogens with one attached hydrogen (secondary N) is 1. The van der Waals surface area contributed by atoms with Gasteiger partial charge in [0, 0.05) is 13.1 Å². The molecule has 0 saturated carbocycles. The average molecular weight is 200 g/mol. The summed E-state index contributed by atoms with van der Waals surface area (Å²) >= 11 is 0. The van der Waals surface area contributed by atoms with E-state index < -0.39 is 5.92 Å². The summed E-state index contributed by atoms with van der Waals surface area (Å²) < 4.78 is 0. The fraction of sp³-hybridized carbons (Fsp3) is 0.778. The molecule has 1 aliphatic rings. The van der Waals surface area contributed by atoms with Gasteiger partial charge in [-0.2, -0.15) is 0 Å². The van der Waals surface area contributed by atoms with Crippen molar-refractivity contribution in [3.8, 4) is 0 Å². The van der Waals surface area contributed by atoms with Gasteiger partial charge >= 0.3 is 0 Å². The van der Waals surface area contributed by atoms with Crippen LogP contribution < -0.4 is 5.32 Å². The van der Waals surface area contributed by atoms with Crippen LogP contribution in [0.3, 0.4) is 0 Å². The summed E-state index contributed by atoms with van der Waals surface area (Å²) in [6.45, 7) is 3.49. The normalized spacial score (nSPS) is 17.4. The summed E-state index contributed by atoms with van der Waals surface area (Å²) in [4.78, 5) is 23.6. The molecule has 1 rings (SSSR count). The highest BCUT2D eigenvalue weighted by molar-refractivity contribution is 6.17. The lowest BCUT2D eigenvalue weighted by molar-refractivity contribution is -0.164. The predicted molar refractivity (Wildman–Crippen MR) is 50.5 cm³/mol. The first-order chi connectivity index (χ1) is 6.68. The lowest BCUT2D eigenvalue weighted by atomic mass is 10.00. The zero-order valence-corrected chi connectivity index (χ0v) is 8.32. The second-order valence-corrected chi connectivity index (χ2v) is 3.38. The Kier molecular flexibility index (Phi) is 4.03. The third-order valence-electron chi connectivity index (χ3n) is 2.30. The molecule has 1 aliphatic heterocycles. The fourth-order valence-corrected chi connectivity index (χ4v) is 1.40. The minimum atomic E-state index is -0.430. The van der Waals surface area contributed by atoms with Crippen molar-refractivity contribution in [2.24, 2.45) is 5.92 Å². The van der Waals surface area contributed by atoms with Crippen LogP contribution in [0.25, 0.3) is 0 Å². The molecule has 0 spiro atoms. The Morgan fingerprint density at radius 3 is 2.57 bits per heavy atom. The topological polar surface area (TPSA) is 69.6 Å². The maximum Gasteiger partial charge on any atom is 0.241 e. The number of likely N-dealkylation sites (tertiary alicyclic amines) is 1. The van der Waals surface area contributed by atoms with Gasteiger partial charge < -0.3 is 10.4 Å². The Labute approximate surface area is 83.1 Å². The van der Waals surface area contributed by atoms with E-state index in [9.17, 15) is 9.59 Å². The minimum absolute atomic E-state index is 0.0721. The molecule has 0 unspecified atom stereocenters. The molecule has 0 aromatic carbocycles. The Bertz CT molecular complexity index is 214. The van der Waals surface area contributed by atoms with Gasteiger partial charge in [0.05, 0.1) is 6.61 Å². The molecule has 80 valence electrons. The van der Waals surface area contributed by atoms with Gasteiger partial charge in [-0.3, -0.25) is 14.5 Å². The first kappa shape index (κ1) is 11.1. The Balaban J connectivity index is 2.08. The van der Waals surface area contributed by atoms with Crippen molar-refractivity contribution >= 4 is 11.8 Å². The van der Waals surface area contributed by atoms with Crippen molar-refractivity contribution in [2.75, 3.05) is 26.2 Å². The number of nitrogens with zero attached hydrogens (tertiary/aromatic N) is 1. The number of aliphatic hydroxyl groups excluding tert-OH is 1. The summed E-state index contributed by atoms with van der Waals surface area (Å²) in [7, 11) is 0. The molecule has 0 atom stereocenters. The Morgan fingerprint density at radius 2 is 2.00 bits per heavy atom. The molecule has 0 aromatic rings. The van der Waals surface area contributed by atoms with E-state index in [-0.39, 0.29) is 18.4 Å². The number of rotatable bonds is 6. The highest BCUT2D eigenvalue weighted by Crippen LogP contribution is 2.18. The molecule has 14 heavy (non-hydrogen) atoms. The third-order valence-corrected chi connectivity index (χ3v) is 2.30. The van der Waals surface area contributed by atoms with Crippen LogP contribution in [0, 0.1) is 5.92 Å². The van der Waals surface area contributed by atoms with E-state index in [1.807, 2.05) is 0 Å². The zero-order chi connectivity index (χ0) is 10.6. The molecule has 2 N–H and O–H groups in total. The number of carbonyl (C=O) groups excluding carboxylic acids is 2. The van der Waals surface area contributed by atoms with Crippen molar-refractivity contribution in [1.82, 2.24) is 10.2 Å². The van der Waals surface area contributed by atoms with Crippen molar-refractivity contribution in [3.63, 3.8) is 0 Å². The first-order valence-electron chi connectivity index (χ1n) is 4.85. The van der Waals surface area contributed by atoms with Gasteiger partial charge in [0.1, 0.15) is 5.92 Å². The number of hydrogen-bond donors (Lipinski definition) is 2. The number of amides is 2. The number of carbonyl (C=O) groups is 2. The molecule has 1 heterocycles. The lowest BCUT2D eigenvalue weighted by Crippen LogP contribution is -2.56. The summed E-state index contributed by atoms with van der Waals surface area (Å²) in [6, 6.07) is 0. The van der Waals surface area contributed by atoms with E-state index in [4.69, 9.17) is 5.11 Å². The highest BCUT2D eigenvalue weighted by Gasteiger charge is 2.42. The van der Waals surface area contributed by atoms with Crippen LogP contribution in [0.1, 0.15) is 13.3 Å². The number of aliphatic hydroxyl groups is 1. The second kappa shape index (κ2) is 5.07. The molecular formula is C9H16N2O3. The molecule has 0 bridgehead atoms. The third kappa shape index (κ3) is 2.30. The smallest absolute Gasteiger partial charge is 0.241 e. The van der Waals surface area contributed by atoms with Gasteiger partial charge in [-0.05, 0) is 19.9 Å². The monoisotopic (exact) mass is 200 g/mol. The molecule has 2 amide bonds. The SMILES string of the molecule is CC1C(=O)N(CCCNCCO)C1=O. The van der Waals surface area contributed by atoms with Gasteiger partial charge in [0.25, 0.3) is 0 Å². The summed E-state index contributed by atoms with van der Waals surface area (Å²) in [5, 5.41) is 11.5. The number of hydrogen-bond acceptors (Lipinski definition) is 4. The van der Waals surface area contributed by atoms with Crippen LogP contribution in [-0.2, 0) is 9.59 Å². The summed E-state index contributed by atoms with van der Waals surface area (Å²) in [5.41, 5.74) is 0. The van der Waals surface area contributed by atoms with Crippen LogP contribution in [0.15, 0.2) is 0 Å². The highest BCUT2D eigenvalue weighted by atomic mass is 16.3. The van der Waals surface area contributed by atoms with Gasteiger partial charge in [0.15, 0.2) is 0 Å². The predicted octanol–water partition coefficient (Wildman–Crippen LogP) is -1.04. The summed E-state index contributed by atoms with van der Waals surface area (Å²) in [5.74, 6) is -0.574. The Hall–Kier alpha value is -0.940. The van der Waals surface area contributed by atoms with Crippen LogP contribution in [0.2, 0.25) is 0 Å². The van der Waals surface area contributed by atoms with Crippen LogP contribution in [0.4, 0.5) is 0 Å². The Morgan fingerprint density at radius 1 is 1.36 bits per heavy atom. The van der Waals surface area contributed by atoms with Crippen LogP contribution in [0.5, 0.6) is 0 Å². The van der Waals surface area contributed by atoms with E-state index in [1.165, 1.54) is 4.90 Å². The van der Waals surface area contributed by atoms with E-state index in [0.29, 0.717) is 19.6 Å². The van der Waals surface area contributed by atoms with Gasteiger partial charge in [-0.1, -0.05) is 0 Å². The first-order valence-corrected chi connectivity index (χ1v) is 4.85. The van der Waals surface area contributed by atoms with E-state index in [1.54, 1.807) is 6.92 Å². The molecule has 5 nitrogen and oxygen atoms in total. The van der Waals surface area contributed by atoms with E-state index in [0.717, 1.165) is 6.42 Å². The number of β-lactam (4-membered cyclic amide) rings is 2. The maximum atomic E-state index is 11.1. The minimum Gasteiger partial charge on any atom is -0.395 e. The number of imide groups is 1. The zero-order valence-electron chi connectivity index (χ0n) is 8.32. The summed E-state index contributed by atoms with van der Waals surface area (Å²) in [6.07, 6.45) is 0.740. The van der Waals surface area contributed by atoms with Crippen molar-refractivity contribution in [3.05, 3.63) is 0 Å². The molecule has 1 fully saturated rings. The standard InChI is InChI=1S/C9H16N2O3/c1-7-8(13)11(9(7)14)5-2-3-10-4-6-12/h7,10,12H,2-6H2,1H3. The molecule has 0 aliphatic carbocycles. The van der Waals surface area contributed by atoms with Crippen LogP contribution >= 0.6 is 0 Å². The van der Waals surface area contributed by atoms with Crippen LogP contribution in [-0.4, -0.2) is 48.1 Å². The van der Waals surface area contributed by atoms with Gasteiger partial charge in [-0.25, -0.2) is 0 Å². The van der Waals surface area contributed by atoms with Crippen molar-refractivity contribution in [2.45, 2.75) is 13.3 Å². The van der Waals surface area contributed by atoms with Gasteiger partial charge in [0.2, 0.25) is 11.8 Å².